The number of carbonyl (C=O) groups excluding carboxylic acids is 1. The molecule has 1 aliphatic heterocycles. The van der Waals surface area contributed by atoms with E-state index in [2.05, 4.69) is 4.98 Å². The monoisotopic (exact) mass is 427 g/mol. The highest BCUT2D eigenvalue weighted by Gasteiger charge is 2.26. The van der Waals surface area contributed by atoms with E-state index in [0.29, 0.717) is 54.6 Å². The zero-order chi connectivity index (χ0) is 21.9. The molecule has 2 heterocycles. The Bertz CT molecular complexity index is 1230. The highest BCUT2D eigenvalue weighted by molar-refractivity contribution is 6.00. The summed E-state index contributed by atoms with van der Waals surface area (Å²) in [5, 5.41) is 0. The van der Waals surface area contributed by atoms with Crippen LogP contribution in [-0.2, 0) is 0 Å². The third-order valence-corrected chi connectivity index (χ3v) is 5.71. The van der Waals surface area contributed by atoms with E-state index < -0.39 is 0 Å². The van der Waals surface area contributed by atoms with E-state index in [1.165, 1.54) is 6.07 Å². The standard InChI is InChI=1S/C26H22FN3O2/c27-22-12-6-7-13-23(22)29-14-16-30(17-15-29)26(31)21-11-5-4-10-20(21)25-28-18-24(32-25)19-8-2-1-3-9-19/h1-13,18H,14-17H2. The van der Waals surface area contributed by atoms with Crippen molar-refractivity contribution in [1.29, 1.82) is 0 Å². The first-order chi connectivity index (χ1) is 15.7. The highest BCUT2D eigenvalue weighted by atomic mass is 19.1. The molecule has 5 rings (SSSR count). The molecule has 1 amide bonds. The minimum absolute atomic E-state index is 0.0757. The lowest BCUT2D eigenvalue weighted by atomic mass is 10.1. The number of amides is 1. The van der Waals surface area contributed by atoms with Crippen LogP contribution >= 0.6 is 0 Å². The van der Waals surface area contributed by atoms with Crippen molar-refractivity contribution in [2.24, 2.45) is 0 Å². The first kappa shape index (κ1) is 20.0. The minimum atomic E-state index is -0.240. The summed E-state index contributed by atoms with van der Waals surface area (Å²) in [6.07, 6.45) is 1.68. The number of hydrogen-bond donors (Lipinski definition) is 0. The molecule has 32 heavy (non-hydrogen) atoms. The molecule has 0 saturated carbocycles. The SMILES string of the molecule is O=C(c1ccccc1-c1ncc(-c2ccccc2)o1)N1CCN(c2ccccc2F)CC1. The van der Waals surface area contributed by atoms with Crippen LogP contribution in [-0.4, -0.2) is 42.0 Å². The summed E-state index contributed by atoms with van der Waals surface area (Å²) < 4.78 is 20.1. The molecule has 1 fully saturated rings. The molecule has 1 aliphatic rings. The van der Waals surface area contributed by atoms with Gasteiger partial charge in [-0.05, 0) is 24.3 Å². The summed E-state index contributed by atoms with van der Waals surface area (Å²) in [4.78, 5) is 21.6. The molecule has 6 heteroatoms. The van der Waals surface area contributed by atoms with Crippen LogP contribution < -0.4 is 4.90 Å². The Kier molecular flexibility index (Phi) is 5.42. The van der Waals surface area contributed by atoms with Crippen molar-refractivity contribution in [2.75, 3.05) is 31.1 Å². The fraction of sp³-hybridized carbons (Fsp3) is 0.154. The quantitative estimate of drug-likeness (QED) is 0.454. The Labute approximate surface area is 185 Å². The van der Waals surface area contributed by atoms with Crippen LogP contribution in [0, 0.1) is 5.82 Å². The van der Waals surface area contributed by atoms with Gasteiger partial charge in [-0.2, -0.15) is 0 Å². The average molecular weight is 427 g/mol. The van der Waals surface area contributed by atoms with Crippen molar-refractivity contribution < 1.29 is 13.6 Å². The van der Waals surface area contributed by atoms with Gasteiger partial charge < -0.3 is 14.2 Å². The molecule has 0 bridgehead atoms. The van der Waals surface area contributed by atoms with E-state index in [0.717, 1.165) is 5.56 Å². The topological polar surface area (TPSA) is 49.6 Å². The van der Waals surface area contributed by atoms with E-state index >= 15 is 0 Å². The van der Waals surface area contributed by atoms with Gasteiger partial charge >= 0.3 is 0 Å². The number of para-hydroxylation sites is 1. The summed E-state index contributed by atoms with van der Waals surface area (Å²) in [6.45, 7) is 2.18. The second-order valence-electron chi connectivity index (χ2n) is 7.67. The first-order valence-corrected chi connectivity index (χ1v) is 10.6. The summed E-state index contributed by atoms with van der Waals surface area (Å²) in [5.41, 5.74) is 2.72. The van der Waals surface area contributed by atoms with E-state index in [9.17, 15) is 9.18 Å². The smallest absolute Gasteiger partial charge is 0.254 e. The van der Waals surface area contributed by atoms with Crippen LogP contribution in [0.4, 0.5) is 10.1 Å². The van der Waals surface area contributed by atoms with Crippen molar-refractivity contribution in [3.63, 3.8) is 0 Å². The van der Waals surface area contributed by atoms with Gasteiger partial charge in [-0.3, -0.25) is 4.79 Å². The Morgan fingerprint density at radius 1 is 0.844 bits per heavy atom. The summed E-state index contributed by atoms with van der Waals surface area (Å²) in [5.74, 6) is 0.753. The van der Waals surface area contributed by atoms with E-state index in [1.54, 1.807) is 29.3 Å². The van der Waals surface area contributed by atoms with Gasteiger partial charge in [0.15, 0.2) is 5.76 Å². The predicted octanol–water partition coefficient (Wildman–Crippen LogP) is 5.11. The Balaban J connectivity index is 1.35. The van der Waals surface area contributed by atoms with Gasteiger partial charge in [0.2, 0.25) is 5.89 Å². The summed E-state index contributed by atoms with van der Waals surface area (Å²) in [6, 6.07) is 23.8. The third-order valence-electron chi connectivity index (χ3n) is 5.71. The molecule has 0 N–H and O–H groups in total. The molecule has 5 nitrogen and oxygen atoms in total. The molecule has 1 aromatic heterocycles. The number of piperazine rings is 1. The second kappa shape index (κ2) is 8.67. The molecule has 0 radical (unpaired) electrons. The van der Waals surface area contributed by atoms with Crippen molar-refractivity contribution in [1.82, 2.24) is 9.88 Å². The van der Waals surface area contributed by atoms with Crippen LogP contribution in [0.15, 0.2) is 89.5 Å². The third kappa shape index (κ3) is 3.87. The van der Waals surface area contributed by atoms with Crippen molar-refractivity contribution >= 4 is 11.6 Å². The van der Waals surface area contributed by atoms with Gasteiger partial charge in [0.05, 0.1) is 17.4 Å². The lowest BCUT2D eigenvalue weighted by Gasteiger charge is -2.36. The maximum Gasteiger partial charge on any atom is 0.254 e. The first-order valence-electron chi connectivity index (χ1n) is 10.6. The van der Waals surface area contributed by atoms with E-state index in [-0.39, 0.29) is 11.7 Å². The van der Waals surface area contributed by atoms with E-state index in [1.807, 2.05) is 59.5 Å². The van der Waals surface area contributed by atoms with Gasteiger partial charge in [0.25, 0.3) is 5.91 Å². The number of rotatable bonds is 4. The molecular weight excluding hydrogens is 405 g/mol. The van der Waals surface area contributed by atoms with Crippen molar-refractivity contribution in [3.05, 3.63) is 96.4 Å². The fourth-order valence-electron chi connectivity index (χ4n) is 4.02. The minimum Gasteiger partial charge on any atom is -0.436 e. The summed E-state index contributed by atoms with van der Waals surface area (Å²) >= 11 is 0. The molecular formula is C26H22FN3O2. The maximum atomic E-state index is 14.1. The molecule has 3 aromatic carbocycles. The molecule has 0 aliphatic carbocycles. The Morgan fingerprint density at radius 2 is 1.53 bits per heavy atom. The van der Waals surface area contributed by atoms with Gasteiger partial charge in [-0.25, -0.2) is 9.37 Å². The van der Waals surface area contributed by atoms with Crippen LogP contribution in [0.5, 0.6) is 0 Å². The van der Waals surface area contributed by atoms with Crippen LogP contribution in [0.1, 0.15) is 10.4 Å². The maximum absolute atomic E-state index is 14.1. The molecule has 160 valence electrons. The predicted molar refractivity (Wildman–Crippen MR) is 122 cm³/mol. The number of hydrogen-bond acceptors (Lipinski definition) is 4. The van der Waals surface area contributed by atoms with Crippen LogP contribution in [0.3, 0.4) is 0 Å². The van der Waals surface area contributed by atoms with Crippen molar-refractivity contribution in [2.45, 2.75) is 0 Å². The fourth-order valence-corrected chi connectivity index (χ4v) is 4.02. The van der Waals surface area contributed by atoms with E-state index in [4.69, 9.17) is 4.42 Å². The van der Waals surface area contributed by atoms with Crippen LogP contribution in [0.2, 0.25) is 0 Å². The number of nitrogens with zero attached hydrogens (tertiary/aromatic N) is 3. The zero-order valence-corrected chi connectivity index (χ0v) is 17.4. The van der Waals surface area contributed by atoms with Crippen LogP contribution in [0.25, 0.3) is 22.8 Å². The number of benzene rings is 3. The average Bonchev–Trinajstić information content (AvgIpc) is 3.35. The number of aromatic nitrogens is 1. The lowest BCUT2D eigenvalue weighted by molar-refractivity contribution is 0.0747. The Hall–Kier alpha value is -3.93. The number of halogens is 1. The lowest BCUT2D eigenvalue weighted by Crippen LogP contribution is -2.49. The second-order valence-corrected chi connectivity index (χ2v) is 7.67. The highest BCUT2D eigenvalue weighted by Crippen LogP contribution is 2.29. The van der Waals surface area contributed by atoms with Gasteiger partial charge in [-0.1, -0.05) is 54.6 Å². The van der Waals surface area contributed by atoms with Gasteiger partial charge in [0.1, 0.15) is 5.82 Å². The normalized spacial score (nSPS) is 13.9. The van der Waals surface area contributed by atoms with Gasteiger partial charge in [-0.15, -0.1) is 0 Å². The van der Waals surface area contributed by atoms with Gasteiger partial charge in [0, 0.05) is 37.3 Å². The molecule has 0 atom stereocenters. The molecule has 4 aromatic rings. The molecule has 1 saturated heterocycles. The molecule has 0 spiro atoms. The summed E-state index contributed by atoms with van der Waals surface area (Å²) in [7, 11) is 0. The molecule has 0 unspecified atom stereocenters. The number of oxazole rings is 1. The number of anilines is 1. The zero-order valence-electron chi connectivity index (χ0n) is 17.4. The van der Waals surface area contributed by atoms with Crippen molar-refractivity contribution in [3.8, 4) is 22.8 Å². The largest absolute Gasteiger partial charge is 0.436 e. The number of carbonyl (C=O) groups is 1. The Morgan fingerprint density at radius 3 is 2.31 bits per heavy atom.